The van der Waals surface area contributed by atoms with E-state index in [-0.39, 0.29) is 6.10 Å². The summed E-state index contributed by atoms with van der Waals surface area (Å²) < 4.78 is 30.5. The lowest BCUT2D eigenvalue weighted by Gasteiger charge is -2.14. The molecule has 1 aromatic carbocycles. The van der Waals surface area contributed by atoms with Crippen molar-refractivity contribution in [3.63, 3.8) is 0 Å². The second-order valence-electron chi connectivity index (χ2n) is 4.93. The van der Waals surface area contributed by atoms with Crippen LogP contribution in [0.1, 0.15) is 31.3 Å². The van der Waals surface area contributed by atoms with E-state index in [4.69, 9.17) is 4.74 Å². The van der Waals surface area contributed by atoms with Crippen molar-refractivity contribution in [2.75, 3.05) is 12.9 Å². The lowest BCUT2D eigenvalue weighted by molar-refractivity contribution is 0.0677. The molecule has 0 aliphatic heterocycles. The number of aromatic nitrogens is 2. The second kappa shape index (κ2) is 6.41. The molecule has 1 atom stereocenters. The summed E-state index contributed by atoms with van der Waals surface area (Å²) in [7, 11) is -3.15. The van der Waals surface area contributed by atoms with E-state index >= 15 is 0 Å². The molecule has 6 heteroatoms. The molecule has 0 saturated heterocycles. The monoisotopic (exact) mass is 308 g/mol. The maximum atomic E-state index is 11.4. The molecule has 2 aromatic rings. The maximum Gasteiger partial charge on any atom is 0.175 e. The van der Waals surface area contributed by atoms with Crippen LogP contribution in [0.15, 0.2) is 41.6 Å². The minimum Gasteiger partial charge on any atom is -0.371 e. The topological polar surface area (TPSA) is 61.2 Å². The summed E-state index contributed by atoms with van der Waals surface area (Å²) in [6.45, 7) is 5.19. The first-order valence-corrected chi connectivity index (χ1v) is 8.72. The third-order valence-electron chi connectivity index (χ3n) is 3.23. The predicted molar refractivity (Wildman–Crippen MR) is 80.9 cm³/mol. The highest BCUT2D eigenvalue weighted by atomic mass is 32.2. The second-order valence-corrected chi connectivity index (χ2v) is 6.94. The highest BCUT2D eigenvalue weighted by Crippen LogP contribution is 2.17. The zero-order chi connectivity index (χ0) is 15.5. The Kier molecular flexibility index (Phi) is 4.80. The van der Waals surface area contributed by atoms with Gasteiger partial charge in [0.2, 0.25) is 0 Å². The SMILES string of the molecule is CCO[C@@H](C)c1nccn1Cc1ccc(S(C)(=O)=O)cc1. The predicted octanol–water partition coefficient (Wildman–Crippen LogP) is 2.43. The Morgan fingerprint density at radius 3 is 2.52 bits per heavy atom. The molecule has 0 aliphatic rings. The van der Waals surface area contributed by atoms with Crippen LogP contribution in [0, 0.1) is 0 Å². The van der Waals surface area contributed by atoms with E-state index in [1.54, 1.807) is 18.3 Å². The van der Waals surface area contributed by atoms with Gasteiger partial charge in [-0.15, -0.1) is 0 Å². The molecular formula is C15H20N2O3S. The van der Waals surface area contributed by atoms with Crippen molar-refractivity contribution in [2.24, 2.45) is 0 Å². The Balaban J connectivity index is 2.18. The summed E-state index contributed by atoms with van der Waals surface area (Å²) in [5.41, 5.74) is 1.02. The van der Waals surface area contributed by atoms with E-state index in [1.807, 2.05) is 36.7 Å². The fraction of sp³-hybridized carbons (Fsp3) is 0.400. The van der Waals surface area contributed by atoms with Crippen LogP contribution >= 0.6 is 0 Å². The van der Waals surface area contributed by atoms with Gasteiger partial charge >= 0.3 is 0 Å². The highest BCUT2D eigenvalue weighted by molar-refractivity contribution is 7.90. The molecule has 0 bridgehead atoms. The van der Waals surface area contributed by atoms with E-state index in [0.717, 1.165) is 11.4 Å². The third kappa shape index (κ3) is 3.92. The van der Waals surface area contributed by atoms with Gasteiger partial charge in [-0.3, -0.25) is 0 Å². The number of ether oxygens (including phenoxy) is 1. The van der Waals surface area contributed by atoms with Crippen LogP contribution < -0.4 is 0 Å². The Hall–Kier alpha value is -1.66. The van der Waals surface area contributed by atoms with Crippen LogP contribution in [0.3, 0.4) is 0 Å². The first-order chi connectivity index (χ1) is 9.91. The molecule has 0 fully saturated rings. The van der Waals surface area contributed by atoms with Crippen LogP contribution in [-0.4, -0.2) is 30.8 Å². The Labute approximate surface area is 125 Å². The average molecular weight is 308 g/mol. The van der Waals surface area contributed by atoms with Gasteiger partial charge in [0.15, 0.2) is 9.84 Å². The fourth-order valence-corrected chi connectivity index (χ4v) is 2.81. The molecule has 0 N–H and O–H groups in total. The first-order valence-electron chi connectivity index (χ1n) is 6.83. The van der Waals surface area contributed by atoms with Gasteiger partial charge in [-0.25, -0.2) is 13.4 Å². The summed E-state index contributed by atoms with van der Waals surface area (Å²) in [6.07, 6.45) is 4.78. The minimum absolute atomic E-state index is 0.0692. The van der Waals surface area contributed by atoms with Crippen molar-refractivity contribution in [1.82, 2.24) is 9.55 Å². The zero-order valence-electron chi connectivity index (χ0n) is 12.5. The number of hydrogen-bond donors (Lipinski definition) is 0. The van der Waals surface area contributed by atoms with Gasteiger partial charge in [0, 0.05) is 31.8 Å². The molecule has 0 aliphatic carbocycles. The number of rotatable bonds is 6. The minimum atomic E-state index is -3.15. The van der Waals surface area contributed by atoms with Crippen molar-refractivity contribution in [3.8, 4) is 0 Å². The van der Waals surface area contributed by atoms with Crippen molar-refractivity contribution < 1.29 is 13.2 Å². The number of nitrogens with zero attached hydrogens (tertiary/aromatic N) is 2. The fourth-order valence-electron chi connectivity index (χ4n) is 2.18. The highest BCUT2D eigenvalue weighted by Gasteiger charge is 2.12. The first kappa shape index (κ1) is 15.7. The lowest BCUT2D eigenvalue weighted by atomic mass is 10.2. The van der Waals surface area contributed by atoms with Gasteiger partial charge in [-0.1, -0.05) is 12.1 Å². The van der Waals surface area contributed by atoms with E-state index in [2.05, 4.69) is 4.98 Å². The van der Waals surface area contributed by atoms with Crippen molar-refractivity contribution in [2.45, 2.75) is 31.4 Å². The molecule has 21 heavy (non-hydrogen) atoms. The Bertz CT molecular complexity index is 690. The van der Waals surface area contributed by atoms with Gasteiger partial charge < -0.3 is 9.30 Å². The molecule has 1 aromatic heterocycles. The molecule has 114 valence electrons. The molecule has 0 spiro atoms. The summed E-state index contributed by atoms with van der Waals surface area (Å²) in [5, 5.41) is 0. The molecule has 0 saturated carbocycles. The largest absolute Gasteiger partial charge is 0.371 e. The van der Waals surface area contributed by atoms with Crippen molar-refractivity contribution >= 4 is 9.84 Å². The lowest BCUT2D eigenvalue weighted by Crippen LogP contribution is -2.10. The summed E-state index contributed by atoms with van der Waals surface area (Å²) >= 11 is 0. The molecule has 1 heterocycles. The summed E-state index contributed by atoms with van der Waals surface area (Å²) in [6, 6.07) is 6.91. The van der Waals surface area contributed by atoms with Crippen LogP contribution in [0.2, 0.25) is 0 Å². The molecular weight excluding hydrogens is 288 g/mol. The molecule has 0 amide bonds. The van der Waals surface area contributed by atoms with E-state index < -0.39 is 9.84 Å². The average Bonchev–Trinajstić information content (AvgIpc) is 2.87. The summed E-state index contributed by atoms with van der Waals surface area (Å²) in [4.78, 5) is 4.66. The molecule has 0 unspecified atom stereocenters. The van der Waals surface area contributed by atoms with Crippen LogP contribution in [-0.2, 0) is 21.1 Å². The summed E-state index contributed by atoms with van der Waals surface area (Å²) in [5.74, 6) is 0.865. The number of hydrogen-bond acceptors (Lipinski definition) is 4. The Morgan fingerprint density at radius 1 is 1.29 bits per heavy atom. The number of imidazole rings is 1. The van der Waals surface area contributed by atoms with E-state index in [1.165, 1.54) is 6.26 Å². The smallest absolute Gasteiger partial charge is 0.175 e. The van der Waals surface area contributed by atoms with Gasteiger partial charge in [0.05, 0.1) is 4.90 Å². The third-order valence-corrected chi connectivity index (χ3v) is 4.36. The quantitative estimate of drug-likeness (QED) is 0.822. The Morgan fingerprint density at radius 2 is 1.95 bits per heavy atom. The molecule has 5 nitrogen and oxygen atoms in total. The van der Waals surface area contributed by atoms with E-state index in [0.29, 0.717) is 18.0 Å². The van der Waals surface area contributed by atoms with Gasteiger partial charge in [0.25, 0.3) is 0 Å². The van der Waals surface area contributed by atoms with Gasteiger partial charge in [0.1, 0.15) is 11.9 Å². The van der Waals surface area contributed by atoms with Crippen LogP contribution in [0.25, 0.3) is 0 Å². The van der Waals surface area contributed by atoms with Gasteiger partial charge in [-0.05, 0) is 31.5 Å². The zero-order valence-corrected chi connectivity index (χ0v) is 13.3. The molecule has 2 rings (SSSR count). The molecule has 0 radical (unpaired) electrons. The van der Waals surface area contributed by atoms with Gasteiger partial charge in [-0.2, -0.15) is 0 Å². The number of benzene rings is 1. The van der Waals surface area contributed by atoms with Crippen molar-refractivity contribution in [3.05, 3.63) is 48.0 Å². The standard InChI is InChI=1S/C15H20N2O3S/c1-4-20-12(2)15-16-9-10-17(15)11-13-5-7-14(8-6-13)21(3,18)19/h5-10,12H,4,11H2,1-3H3/t12-/m0/s1. The maximum absolute atomic E-state index is 11.4. The van der Waals surface area contributed by atoms with Crippen LogP contribution in [0.4, 0.5) is 0 Å². The number of sulfone groups is 1. The van der Waals surface area contributed by atoms with Crippen molar-refractivity contribution in [1.29, 1.82) is 0 Å². The van der Waals surface area contributed by atoms with E-state index in [9.17, 15) is 8.42 Å². The van der Waals surface area contributed by atoms with Crippen LogP contribution in [0.5, 0.6) is 0 Å². The normalized spacial score (nSPS) is 13.3.